The summed E-state index contributed by atoms with van der Waals surface area (Å²) in [6, 6.07) is 2.83. The molecule has 0 aromatic carbocycles. The Hall–Kier alpha value is -1.43. The second-order valence-corrected chi connectivity index (χ2v) is 7.23. The molecule has 0 amide bonds. The van der Waals surface area contributed by atoms with E-state index in [-0.39, 0.29) is 11.1 Å². The van der Waals surface area contributed by atoms with Crippen molar-refractivity contribution in [1.29, 1.82) is 0 Å². The molecule has 21 heavy (non-hydrogen) atoms. The number of carbonyl (C=O) groups is 1. The third-order valence-corrected chi connectivity index (χ3v) is 5.21. The number of carbonyl (C=O) groups excluding carboxylic acids is 1. The van der Waals surface area contributed by atoms with Crippen LogP contribution < -0.4 is 0 Å². The van der Waals surface area contributed by atoms with Crippen LogP contribution in [0.3, 0.4) is 0 Å². The van der Waals surface area contributed by atoms with Crippen molar-refractivity contribution in [3.8, 4) is 0 Å². The van der Waals surface area contributed by atoms with Crippen LogP contribution in [0.1, 0.15) is 49.7 Å². The molecule has 1 saturated carbocycles. The Bertz CT molecular complexity index is 525. The molecule has 1 fully saturated rings. The first-order valence-electron chi connectivity index (χ1n) is 7.33. The summed E-state index contributed by atoms with van der Waals surface area (Å²) in [6.07, 6.45) is 3.03. The van der Waals surface area contributed by atoms with Gasteiger partial charge in [-0.15, -0.1) is 0 Å². The van der Waals surface area contributed by atoms with E-state index in [9.17, 15) is 14.9 Å². The molecule has 2 rings (SSSR count). The van der Waals surface area contributed by atoms with Crippen molar-refractivity contribution >= 4 is 22.3 Å². The Morgan fingerprint density at radius 1 is 1.43 bits per heavy atom. The van der Waals surface area contributed by atoms with Gasteiger partial charge in [0.15, 0.2) is 0 Å². The van der Waals surface area contributed by atoms with E-state index in [1.54, 1.807) is 0 Å². The minimum absolute atomic E-state index is 0.0284. The maximum Gasteiger partial charge on any atom is 0.348 e. The lowest BCUT2D eigenvalue weighted by molar-refractivity contribution is -0.380. The van der Waals surface area contributed by atoms with Crippen molar-refractivity contribution in [1.82, 2.24) is 0 Å². The van der Waals surface area contributed by atoms with Crippen molar-refractivity contribution in [3.05, 3.63) is 27.1 Å². The molecule has 1 heterocycles. The molecule has 0 spiro atoms. The molecule has 1 aromatic rings. The van der Waals surface area contributed by atoms with E-state index in [4.69, 9.17) is 4.74 Å². The fraction of sp³-hybridized carbons (Fsp3) is 0.667. The van der Waals surface area contributed by atoms with Crippen LogP contribution in [0.4, 0.5) is 5.00 Å². The van der Waals surface area contributed by atoms with Gasteiger partial charge in [-0.1, -0.05) is 38.5 Å². The standard InChI is InChI=1S/C15H21NO4S/c1-9(2)11-5-4-10(3)8-12(11)20-15(17)13-6-7-14(21-13)16(18)19/h6-7,9-12H,4-5,8H2,1-3H3/t10-,11-,12+/m1/s1. The predicted octanol–water partition coefficient (Wildman–Crippen LogP) is 4.27. The Kier molecular flexibility index (Phi) is 4.98. The van der Waals surface area contributed by atoms with Crippen LogP contribution in [-0.4, -0.2) is 17.0 Å². The number of esters is 1. The van der Waals surface area contributed by atoms with Gasteiger partial charge in [-0.05, 0) is 36.7 Å². The minimum atomic E-state index is -0.485. The lowest BCUT2D eigenvalue weighted by Gasteiger charge is -2.36. The van der Waals surface area contributed by atoms with Crippen molar-refractivity contribution < 1.29 is 14.5 Å². The molecule has 3 atom stereocenters. The van der Waals surface area contributed by atoms with E-state index in [0.29, 0.717) is 22.6 Å². The zero-order valence-corrected chi connectivity index (χ0v) is 13.4. The first-order valence-corrected chi connectivity index (χ1v) is 8.15. The summed E-state index contributed by atoms with van der Waals surface area (Å²) < 4.78 is 5.66. The average Bonchev–Trinajstić information content (AvgIpc) is 2.88. The Morgan fingerprint density at radius 2 is 2.14 bits per heavy atom. The Labute approximate surface area is 128 Å². The van der Waals surface area contributed by atoms with Gasteiger partial charge in [0, 0.05) is 6.07 Å². The Balaban J connectivity index is 2.06. The van der Waals surface area contributed by atoms with E-state index >= 15 is 0 Å². The first-order chi connectivity index (χ1) is 9.88. The van der Waals surface area contributed by atoms with Gasteiger partial charge in [-0.2, -0.15) is 0 Å². The van der Waals surface area contributed by atoms with Crippen LogP contribution in [0, 0.1) is 27.9 Å². The molecule has 1 aliphatic rings. The number of hydrogen-bond donors (Lipinski definition) is 0. The van der Waals surface area contributed by atoms with Crippen molar-refractivity contribution in [3.63, 3.8) is 0 Å². The van der Waals surface area contributed by atoms with E-state index < -0.39 is 10.9 Å². The summed E-state index contributed by atoms with van der Waals surface area (Å²) in [5, 5.41) is 10.6. The van der Waals surface area contributed by atoms with E-state index in [1.807, 2.05) is 0 Å². The van der Waals surface area contributed by atoms with E-state index in [1.165, 1.54) is 18.6 Å². The lowest BCUT2D eigenvalue weighted by Crippen LogP contribution is -2.35. The molecule has 0 bridgehead atoms. The molecule has 1 aromatic heterocycles. The van der Waals surface area contributed by atoms with Gasteiger partial charge in [0.2, 0.25) is 0 Å². The molecule has 1 aliphatic carbocycles. The molecule has 0 saturated heterocycles. The molecule has 116 valence electrons. The first kappa shape index (κ1) is 15.9. The third-order valence-electron chi connectivity index (χ3n) is 4.19. The molecule has 0 aliphatic heterocycles. The average molecular weight is 311 g/mol. The maximum absolute atomic E-state index is 12.2. The highest BCUT2D eigenvalue weighted by molar-refractivity contribution is 7.17. The Morgan fingerprint density at radius 3 is 2.71 bits per heavy atom. The van der Waals surface area contributed by atoms with Gasteiger partial charge in [-0.3, -0.25) is 10.1 Å². The summed E-state index contributed by atoms with van der Waals surface area (Å²) >= 11 is 0.874. The lowest BCUT2D eigenvalue weighted by atomic mass is 9.75. The third kappa shape index (κ3) is 3.81. The number of ether oxygens (including phenoxy) is 1. The fourth-order valence-electron chi connectivity index (χ4n) is 2.98. The number of rotatable bonds is 4. The minimum Gasteiger partial charge on any atom is -0.458 e. The SMILES string of the molecule is CC(C)[C@H]1CC[C@@H](C)C[C@@H]1OC(=O)c1ccc([N+](=O)[O-])s1. The second-order valence-electron chi connectivity index (χ2n) is 6.16. The fourth-order valence-corrected chi connectivity index (χ4v) is 3.68. The highest BCUT2D eigenvalue weighted by Crippen LogP contribution is 2.36. The molecule has 0 N–H and O–H groups in total. The van der Waals surface area contributed by atoms with Gasteiger partial charge in [0.1, 0.15) is 11.0 Å². The van der Waals surface area contributed by atoms with Crippen molar-refractivity contribution in [2.75, 3.05) is 0 Å². The number of nitrogens with zero attached hydrogens (tertiary/aromatic N) is 1. The van der Waals surface area contributed by atoms with Crippen molar-refractivity contribution in [2.24, 2.45) is 17.8 Å². The van der Waals surface area contributed by atoms with Crippen LogP contribution in [0.2, 0.25) is 0 Å². The van der Waals surface area contributed by atoms with Gasteiger partial charge in [-0.25, -0.2) is 4.79 Å². The van der Waals surface area contributed by atoms with E-state index in [2.05, 4.69) is 20.8 Å². The van der Waals surface area contributed by atoms with Gasteiger partial charge < -0.3 is 4.74 Å². The van der Waals surface area contributed by atoms with Crippen LogP contribution in [0.15, 0.2) is 12.1 Å². The number of hydrogen-bond acceptors (Lipinski definition) is 5. The normalized spacial score (nSPS) is 25.8. The van der Waals surface area contributed by atoms with E-state index in [0.717, 1.165) is 24.2 Å². The smallest absolute Gasteiger partial charge is 0.348 e. The van der Waals surface area contributed by atoms with Crippen molar-refractivity contribution in [2.45, 2.75) is 46.1 Å². The van der Waals surface area contributed by atoms with Crippen LogP contribution in [0.5, 0.6) is 0 Å². The summed E-state index contributed by atoms with van der Waals surface area (Å²) in [6.45, 7) is 6.47. The quantitative estimate of drug-likeness (QED) is 0.473. The maximum atomic E-state index is 12.2. The summed E-state index contributed by atoms with van der Waals surface area (Å²) in [5.74, 6) is 0.960. The van der Waals surface area contributed by atoms with Crippen LogP contribution >= 0.6 is 11.3 Å². The predicted molar refractivity (Wildman–Crippen MR) is 81.5 cm³/mol. The molecule has 6 heteroatoms. The van der Waals surface area contributed by atoms with Gasteiger partial charge >= 0.3 is 11.0 Å². The van der Waals surface area contributed by atoms with Crippen LogP contribution in [-0.2, 0) is 4.74 Å². The molecular formula is C15H21NO4S. The second kappa shape index (κ2) is 6.56. The highest BCUT2D eigenvalue weighted by atomic mass is 32.1. The van der Waals surface area contributed by atoms with Gasteiger partial charge in [0.05, 0.1) is 4.92 Å². The molecule has 0 unspecified atom stereocenters. The molecule has 5 nitrogen and oxygen atoms in total. The zero-order valence-electron chi connectivity index (χ0n) is 12.6. The number of nitro groups is 1. The number of thiophene rings is 1. The largest absolute Gasteiger partial charge is 0.458 e. The summed E-state index contributed by atoms with van der Waals surface area (Å²) in [7, 11) is 0. The summed E-state index contributed by atoms with van der Waals surface area (Å²) in [4.78, 5) is 22.7. The van der Waals surface area contributed by atoms with Crippen LogP contribution in [0.25, 0.3) is 0 Å². The monoisotopic (exact) mass is 311 g/mol. The highest BCUT2D eigenvalue weighted by Gasteiger charge is 2.34. The van der Waals surface area contributed by atoms with Gasteiger partial charge in [0.25, 0.3) is 0 Å². The zero-order chi connectivity index (χ0) is 15.6. The summed E-state index contributed by atoms with van der Waals surface area (Å²) in [5.41, 5.74) is 0. The topological polar surface area (TPSA) is 69.4 Å². The molecule has 0 radical (unpaired) electrons. The molecular weight excluding hydrogens is 290 g/mol.